The van der Waals surface area contributed by atoms with Crippen molar-refractivity contribution < 1.29 is 4.79 Å². The van der Waals surface area contributed by atoms with Crippen LogP contribution in [0, 0.1) is 16.7 Å². The lowest BCUT2D eigenvalue weighted by atomic mass is 10.0. The number of anilines is 1. The second kappa shape index (κ2) is 6.03. The van der Waals surface area contributed by atoms with Crippen molar-refractivity contribution >= 4 is 23.2 Å². The largest absolute Gasteiger partial charge is 0.281 e. The normalized spacial score (nSPS) is 17.8. The van der Waals surface area contributed by atoms with Crippen LogP contribution < -0.4 is 4.90 Å². The van der Waals surface area contributed by atoms with Crippen molar-refractivity contribution in [1.82, 2.24) is 0 Å². The zero-order chi connectivity index (χ0) is 18.4. The molecule has 0 radical (unpaired) electrons. The third-order valence-electron chi connectivity index (χ3n) is 5.95. The van der Waals surface area contributed by atoms with Gasteiger partial charge in [-0.25, -0.2) is 0 Å². The maximum atomic E-state index is 13.3. The monoisotopic (exact) mass is 353 g/mol. The third-order valence-corrected chi connectivity index (χ3v) is 6.20. The molecule has 0 aromatic heterocycles. The van der Waals surface area contributed by atoms with Crippen molar-refractivity contribution in [2.24, 2.45) is 16.7 Å². The van der Waals surface area contributed by atoms with Crippen LogP contribution >= 0.6 is 11.6 Å². The molecule has 1 aliphatic carbocycles. The summed E-state index contributed by atoms with van der Waals surface area (Å²) >= 11 is 5.97. The van der Waals surface area contributed by atoms with Gasteiger partial charge in [0, 0.05) is 27.9 Å². The number of hydrogen-bond donors (Lipinski definition) is 0. The number of nitrogens with zero attached hydrogens (tertiary/aromatic N) is 1. The van der Waals surface area contributed by atoms with E-state index in [-0.39, 0.29) is 22.7 Å². The maximum Gasteiger partial charge on any atom is 0.262 e. The first-order chi connectivity index (χ1) is 11.7. The second-order valence-corrected chi connectivity index (χ2v) is 8.29. The number of para-hydroxylation sites is 1. The highest BCUT2D eigenvalue weighted by atomic mass is 35.5. The summed E-state index contributed by atoms with van der Waals surface area (Å²) in [6, 6.07) is 16.7. The van der Waals surface area contributed by atoms with Gasteiger partial charge in [-0.05, 0) is 47.2 Å². The molecular weight excluding hydrogens is 330 g/mol. The van der Waals surface area contributed by atoms with Crippen LogP contribution in [0.2, 0.25) is 5.02 Å². The van der Waals surface area contributed by atoms with Crippen LogP contribution in [0.3, 0.4) is 0 Å². The summed E-state index contributed by atoms with van der Waals surface area (Å²) in [5.41, 5.74) is 2.51. The maximum absolute atomic E-state index is 13.3. The SMILES string of the molecule is C=C(C1C(C)(C)C1(C)C)N(C(=O)c1ccc(Cl)cc1)c1ccccc1. The fourth-order valence-corrected chi connectivity index (χ4v) is 4.00. The Balaban J connectivity index is 2.01. The van der Waals surface area contributed by atoms with E-state index < -0.39 is 0 Å². The molecule has 0 heterocycles. The number of allylic oxidation sites excluding steroid dienone is 1. The van der Waals surface area contributed by atoms with Crippen molar-refractivity contribution in [3.8, 4) is 0 Å². The molecule has 0 N–H and O–H groups in total. The Morgan fingerprint density at radius 2 is 1.48 bits per heavy atom. The molecule has 1 aliphatic rings. The van der Waals surface area contributed by atoms with Crippen molar-refractivity contribution in [3.63, 3.8) is 0 Å². The lowest BCUT2D eigenvalue weighted by Gasteiger charge is -2.26. The molecule has 0 atom stereocenters. The molecule has 130 valence electrons. The van der Waals surface area contributed by atoms with E-state index in [0.717, 1.165) is 11.4 Å². The minimum absolute atomic E-state index is 0.0774. The van der Waals surface area contributed by atoms with Gasteiger partial charge >= 0.3 is 0 Å². The summed E-state index contributed by atoms with van der Waals surface area (Å²) in [6.07, 6.45) is 0. The highest BCUT2D eigenvalue weighted by Crippen LogP contribution is 2.71. The first kappa shape index (κ1) is 17.8. The van der Waals surface area contributed by atoms with Crippen LogP contribution in [0.1, 0.15) is 38.1 Å². The van der Waals surface area contributed by atoms with Gasteiger partial charge in [0.25, 0.3) is 5.91 Å². The van der Waals surface area contributed by atoms with E-state index in [4.69, 9.17) is 11.6 Å². The van der Waals surface area contributed by atoms with E-state index in [0.29, 0.717) is 10.6 Å². The van der Waals surface area contributed by atoms with Gasteiger partial charge < -0.3 is 0 Å². The summed E-state index contributed by atoms with van der Waals surface area (Å²) in [7, 11) is 0. The summed E-state index contributed by atoms with van der Waals surface area (Å²) in [5.74, 6) is 0.169. The number of carbonyl (C=O) groups excluding carboxylic acids is 1. The van der Waals surface area contributed by atoms with Crippen LogP contribution in [0.4, 0.5) is 5.69 Å². The number of amides is 1. The molecule has 2 aromatic rings. The molecule has 0 aliphatic heterocycles. The van der Waals surface area contributed by atoms with Crippen LogP contribution in [0.5, 0.6) is 0 Å². The zero-order valence-electron chi connectivity index (χ0n) is 15.2. The Morgan fingerprint density at radius 3 is 1.96 bits per heavy atom. The number of carbonyl (C=O) groups is 1. The Kier molecular flexibility index (Phi) is 4.28. The average Bonchev–Trinajstić information content (AvgIpc) is 2.98. The quantitative estimate of drug-likeness (QED) is 0.642. The van der Waals surface area contributed by atoms with E-state index >= 15 is 0 Å². The minimum atomic E-state index is -0.0774. The Hall–Kier alpha value is -2.06. The fourth-order valence-electron chi connectivity index (χ4n) is 3.87. The van der Waals surface area contributed by atoms with Gasteiger partial charge in [-0.3, -0.25) is 9.69 Å². The summed E-state index contributed by atoms with van der Waals surface area (Å²) in [5, 5.41) is 0.617. The molecular formula is C22H24ClNO. The number of hydrogen-bond acceptors (Lipinski definition) is 1. The second-order valence-electron chi connectivity index (χ2n) is 7.85. The van der Waals surface area contributed by atoms with Gasteiger partial charge in [0.1, 0.15) is 0 Å². The molecule has 3 heteroatoms. The fraction of sp³-hybridized carbons (Fsp3) is 0.318. The number of benzene rings is 2. The smallest absolute Gasteiger partial charge is 0.262 e. The topological polar surface area (TPSA) is 20.3 Å². The van der Waals surface area contributed by atoms with Crippen molar-refractivity contribution in [2.45, 2.75) is 27.7 Å². The van der Waals surface area contributed by atoms with Crippen LogP contribution in [0.15, 0.2) is 66.9 Å². The lowest BCUT2D eigenvalue weighted by molar-refractivity contribution is 0.0993. The summed E-state index contributed by atoms with van der Waals surface area (Å²) in [4.78, 5) is 15.0. The first-order valence-electron chi connectivity index (χ1n) is 8.52. The van der Waals surface area contributed by atoms with E-state index in [2.05, 4.69) is 34.3 Å². The Morgan fingerprint density at radius 1 is 0.960 bits per heavy atom. The average molecular weight is 354 g/mol. The van der Waals surface area contributed by atoms with Gasteiger partial charge in [0.2, 0.25) is 0 Å². The van der Waals surface area contributed by atoms with E-state index in [1.54, 1.807) is 29.2 Å². The first-order valence-corrected chi connectivity index (χ1v) is 8.89. The van der Waals surface area contributed by atoms with Gasteiger partial charge in [-0.1, -0.05) is 64.1 Å². The standard InChI is InChI=1S/C22H24ClNO/c1-15(19-21(2,3)22(19,4)5)24(18-9-7-6-8-10-18)20(25)16-11-13-17(23)14-12-16/h6-14,19H,1H2,2-5H3. The molecule has 25 heavy (non-hydrogen) atoms. The van der Waals surface area contributed by atoms with Gasteiger partial charge in [0.15, 0.2) is 0 Å². The molecule has 2 aromatic carbocycles. The molecule has 1 fully saturated rings. The predicted octanol–water partition coefficient (Wildman–Crippen LogP) is 6.18. The molecule has 0 saturated heterocycles. The Labute approximate surface area is 155 Å². The highest BCUT2D eigenvalue weighted by Gasteiger charge is 2.66. The summed E-state index contributed by atoms with van der Waals surface area (Å²) in [6.45, 7) is 13.3. The highest BCUT2D eigenvalue weighted by molar-refractivity contribution is 6.30. The van der Waals surface area contributed by atoms with E-state index in [1.165, 1.54) is 0 Å². The van der Waals surface area contributed by atoms with Gasteiger partial charge in [-0.15, -0.1) is 0 Å². The third kappa shape index (κ3) is 2.89. The summed E-state index contributed by atoms with van der Waals surface area (Å²) < 4.78 is 0. The minimum Gasteiger partial charge on any atom is -0.281 e. The van der Waals surface area contributed by atoms with Gasteiger partial charge in [0.05, 0.1) is 0 Å². The van der Waals surface area contributed by atoms with Crippen LogP contribution in [-0.4, -0.2) is 5.91 Å². The number of halogens is 1. The predicted molar refractivity (Wildman–Crippen MR) is 105 cm³/mol. The van der Waals surface area contributed by atoms with E-state index in [1.807, 2.05) is 30.3 Å². The Bertz CT molecular complexity index is 792. The molecule has 3 rings (SSSR count). The van der Waals surface area contributed by atoms with Crippen molar-refractivity contribution in [2.75, 3.05) is 4.90 Å². The molecule has 1 saturated carbocycles. The van der Waals surface area contributed by atoms with Gasteiger partial charge in [-0.2, -0.15) is 0 Å². The lowest BCUT2D eigenvalue weighted by Crippen LogP contribution is -2.31. The van der Waals surface area contributed by atoms with Crippen LogP contribution in [0.25, 0.3) is 0 Å². The molecule has 1 amide bonds. The van der Waals surface area contributed by atoms with Crippen molar-refractivity contribution in [3.05, 3.63) is 77.5 Å². The van der Waals surface area contributed by atoms with E-state index in [9.17, 15) is 4.79 Å². The van der Waals surface area contributed by atoms with Crippen LogP contribution in [-0.2, 0) is 0 Å². The molecule has 2 nitrogen and oxygen atoms in total. The molecule has 0 unspecified atom stereocenters. The molecule has 0 spiro atoms. The number of rotatable bonds is 4. The zero-order valence-corrected chi connectivity index (χ0v) is 16.0. The molecule has 0 bridgehead atoms. The van der Waals surface area contributed by atoms with Crippen molar-refractivity contribution in [1.29, 1.82) is 0 Å².